The van der Waals surface area contributed by atoms with E-state index < -0.39 is 48.0 Å². The maximum Gasteiger partial charge on any atom is 0.330 e. The number of carbonyl (C=O) groups is 4. The van der Waals surface area contributed by atoms with Crippen LogP contribution in [0, 0.1) is 0 Å². The van der Waals surface area contributed by atoms with Crippen molar-refractivity contribution in [3.63, 3.8) is 0 Å². The molecule has 0 bridgehead atoms. The molecule has 11 nitrogen and oxygen atoms in total. The van der Waals surface area contributed by atoms with Gasteiger partial charge in [0.2, 0.25) is 0 Å². The number of hydrogen-bond donors (Lipinski definition) is 6. The molecular weight excluding hydrogens is 544 g/mol. The first-order chi connectivity index (χ1) is 18.5. The van der Waals surface area contributed by atoms with Gasteiger partial charge < -0.3 is 37.5 Å². The summed E-state index contributed by atoms with van der Waals surface area (Å²) in [5.74, 6) is -1.80. The van der Waals surface area contributed by atoms with Gasteiger partial charge in [-0.05, 0) is 54.5 Å². The smallest absolute Gasteiger partial charge is 0.330 e. The zero-order valence-corrected chi connectivity index (χ0v) is 23.3. The Morgan fingerprint density at radius 2 is 1.33 bits per heavy atom. The second-order valence-electron chi connectivity index (χ2n) is 8.43. The molecule has 0 spiro atoms. The second-order valence-corrected chi connectivity index (χ2v) is 9.78. The summed E-state index contributed by atoms with van der Waals surface area (Å²) < 4.78 is 9.72. The highest BCUT2D eigenvalue weighted by molar-refractivity contribution is 7.98. The third-order valence-electron chi connectivity index (χ3n) is 5.15. The summed E-state index contributed by atoms with van der Waals surface area (Å²) in [6.45, 7) is 0. The van der Waals surface area contributed by atoms with Gasteiger partial charge in [0, 0.05) is 5.75 Å². The molecule has 0 unspecified atom stereocenters. The molecule has 4 atom stereocenters. The van der Waals surface area contributed by atoms with Crippen LogP contribution in [0.25, 0.3) is 0 Å². The number of thioether (sulfide) groups is 1. The van der Waals surface area contributed by atoms with E-state index in [0.29, 0.717) is 18.6 Å². The van der Waals surface area contributed by atoms with Crippen LogP contribution in [0.5, 0.6) is 5.75 Å². The molecule has 0 saturated heterocycles. The van der Waals surface area contributed by atoms with Gasteiger partial charge in [-0.1, -0.05) is 42.5 Å². The topological polar surface area (TPSA) is 211 Å². The van der Waals surface area contributed by atoms with Crippen LogP contribution < -0.4 is 27.7 Å². The van der Waals surface area contributed by atoms with Crippen molar-refractivity contribution >= 4 is 48.3 Å². The average Bonchev–Trinajstić information content (AvgIpc) is 2.92. The number of carboxylic acid groups (broad SMARTS) is 1. The van der Waals surface area contributed by atoms with Gasteiger partial charge in [-0.15, -0.1) is 0 Å². The Kier molecular flexibility index (Phi) is 16.1. The molecule has 0 aliphatic heterocycles. The first kappa shape index (κ1) is 34.1. The number of hydrogen-bond acceptors (Lipinski definition) is 12. The summed E-state index contributed by atoms with van der Waals surface area (Å²) in [5, 5.41) is 8.69. The minimum atomic E-state index is -1.06. The largest absolute Gasteiger partial charge is 0.480 e. The van der Waals surface area contributed by atoms with Gasteiger partial charge in [-0.2, -0.15) is 24.4 Å². The number of rotatable bonds is 13. The molecule has 0 amide bonds. The fourth-order valence-electron chi connectivity index (χ4n) is 2.87. The highest BCUT2D eigenvalue weighted by atomic mass is 32.2. The number of benzene rings is 2. The van der Waals surface area contributed by atoms with Gasteiger partial charge in [-0.3, -0.25) is 4.79 Å². The molecule has 2 aromatic rings. The summed E-state index contributed by atoms with van der Waals surface area (Å²) in [5.41, 5.74) is 23.9. The predicted octanol–water partition coefficient (Wildman–Crippen LogP) is 0.510. The Morgan fingerprint density at radius 1 is 0.795 bits per heavy atom. The van der Waals surface area contributed by atoms with Gasteiger partial charge in [0.1, 0.15) is 29.9 Å². The van der Waals surface area contributed by atoms with Gasteiger partial charge in [0.15, 0.2) is 0 Å². The van der Waals surface area contributed by atoms with Crippen molar-refractivity contribution in [1.29, 1.82) is 0 Å². The number of carboxylic acids is 1. The molecule has 2 rings (SSSR count). The number of carbonyl (C=O) groups excluding carboxylic acids is 3. The molecule has 0 aromatic heterocycles. The fraction of sp³-hybridized carbons (Fsp3) is 0.385. The summed E-state index contributed by atoms with van der Waals surface area (Å²) in [4.78, 5) is 45.3. The Morgan fingerprint density at radius 3 is 1.87 bits per heavy atom. The number of thiol groups is 1. The van der Waals surface area contributed by atoms with Crippen molar-refractivity contribution in [2.45, 2.75) is 43.4 Å². The molecule has 9 N–H and O–H groups in total. The SMILES string of the molecule is CSCC[C@H](N)C(=O)OC(=O)[C@@H](N)Cc1ccccc1.N[C@@H](Cc1ccc(OC(=O)[C@@H](N)CS)cc1)C(=O)O. The van der Waals surface area contributed by atoms with Crippen LogP contribution in [0.15, 0.2) is 54.6 Å². The van der Waals surface area contributed by atoms with Gasteiger partial charge in [-0.25, -0.2) is 14.4 Å². The van der Waals surface area contributed by atoms with Crippen molar-refractivity contribution in [1.82, 2.24) is 0 Å². The Hall–Kier alpha value is -2.94. The molecule has 0 fully saturated rings. The van der Waals surface area contributed by atoms with Crippen molar-refractivity contribution in [3.8, 4) is 5.75 Å². The molecule has 2 aromatic carbocycles. The van der Waals surface area contributed by atoms with E-state index in [1.807, 2.05) is 36.6 Å². The Labute approximate surface area is 237 Å². The summed E-state index contributed by atoms with van der Waals surface area (Å²) in [7, 11) is 0. The summed E-state index contributed by atoms with van der Waals surface area (Å²) >= 11 is 5.48. The lowest BCUT2D eigenvalue weighted by Crippen LogP contribution is -2.40. The quantitative estimate of drug-likeness (QED) is 0.0828. The van der Waals surface area contributed by atoms with Crippen LogP contribution in [-0.4, -0.2) is 70.9 Å². The van der Waals surface area contributed by atoms with E-state index in [9.17, 15) is 19.2 Å². The normalized spacial score (nSPS) is 13.6. The lowest BCUT2D eigenvalue weighted by molar-refractivity contribution is -0.161. The van der Waals surface area contributed by atoms with Crippen LogP contribution in [0.1, 0.15) is 17.5 Å². The van der Waals surface area contributed by atoms with Crippen molar-refractivity contribution < 1.29 is 33.8 Å². The zero-order chi connectivity index (χ0) is 29.4. The third-order valence-corrected chi connectivity index (χ3v) is 6.19. The lowest BCUT2D eigenvalue weighted by atomic mass is 10.1. The Bertz CT molecular complexity index is 1060. The number of nitrogens with two attached hydrogens (primary N) is 4. The highest BCUT2D eigenvalue weighted by Crippen LogP contribution is 2.14. The number of ether oxygens (including phenoxy) is 2. The lowest BCUT2D eigenvalue weighted by Gasteiger charge is -2.13. The van der Waals surface area contributed by atoms with E-state index in [0.717, 1.165) is 16.9 Å². The molecule has 39 heavy (non-hydrogen) atoms. The average molecular weight is 581 g/mol. The second kappa shape index (κ2) is 18.4. The first-order valence-corrected chi connectivity index (χ1v) is 14.0. The highest BCUT2D eigenvalue weighted by Gasteiger charge is 2.23. The predicted molar refractivity (Wildman–Crippen MR) is 153 cm³/mol. The maximum atomic E-state index is 11.7. The van der Waals surface area contributed by atoms with Gasteiger partial charge >= 0.3 is 23.9 Å². The van der Waals surface area contributed by atoms with Crippen molar-refractivity contribution in [2.24, 2.45) is 22.9 Å². The number of aliphatic carboxylic acids is 1. The van der Waals surface area contributed by atoms with E-state index >= 15 is 0 Å². The summed E-state index contributed by atoms with van der Waals surface area (Å²) in [6.07, 6.45) is 2.92. The monoisotopic (exact) mass is 580 g/mol. The van der Waals surface area contributed by atoms with Crippen LogP contribution in [0.2, 0.25) is 0 Å². The van der Waals surface area contributed by atoms with Crippen LogP contribution in [-0.2, 0) is 36.8 Å². The van der Waals surface area contributed by atoms with Gasteiger partial charge in [0.05, 0.1) is 0 Å². The van der Waals surface area contributed by atoms with Crippen molar-refractivity contribution in [3.05, 3.63) is 65.7 Å². The van der Waals surface area contributed by atoms with Crippen LogP contribution in [0.4, 0.5) is 0 Å². The summed E-state index contributed by atoms with van der Waals surface area (Å²) in [6, 6.07) is 12.4. The maximum absolute atomic E-state index is 11.7. The standard InChI is InChI=1S/C14H20N2O3S.C12H16N2O4S/c1-20-8-7-11(15)13(17)19-14(18)12(16)9-10-5-3-2-4-6-10;13-9(11(15)16)5-7-1-3-8(4-2-7)18-12(17)10(14)6-19/h2-6,11-12H,7-9,15-16H2,1H3;1-4,9-10,19H,5-6,13-14H2,(H,15,16)/t11-,12-;9-,10-/m00/s1. The van der Waals surface area contributed by atoms with E-state index in [-0.39, 0.29) is 12.2 Å². The molecule has 0 saturated carbocycles. The zero-order valence-electron chi connectivity index (χ0n) is 21.6. The Balaban J connectivity index is 0.000000391. The molecule has 214 valence electrons. The minimum Gasteiger partial charge on any atom is -0.480 e. The minimum absolute atomic E-state index is 0.199. The molecular formula is C26H36N4O7S2. The van der Waals surface area contributed by atoms with E-state index in [1.165, 1.54) is 0 Å². The van der Waals surface area contributed by atoms with Gasteiger partial charge in [0.25, 0.3) is 0 Å². The third kappa shape index (κ3) is 13.6. The molecule has 0 aliphatic rings. The van der Waals surface area contributed by atoms with E-state index in [2.05, 4.69) is 12.6 Å². The van der Waals surface area contributed by atoms with Crippen LogP contribution >= 0.6 is 24.4 Å². The molecule has 0 radical (unpaired) electrons. The number of esters is 3. The van der Waals surface area contributed by atoms with Crippen LogP contribution in [0.3, 0.4) is 0 Å². The molecule has 0 aliphatic carbocycles. The molecule has 13 heteroatoms. The first-order valence-electron chi connectivity index (χ1n) is 11.9. The van der Waals surface area contributed by atoms with E-state index in [1.54, 1.807) is 36.0 Å². The van der Waals surface area contributed by atoms with Crippen molar-refractivity contribution in [2.75, 3.05) is 17.8 Å². The fourth-order valence-corrected chi connectivity index (χ4v) is 3.50. The van der Waals surface area contributed by atoms with E-state index in [4.69, 9.17) is 37.5 Å². The molecule has 0 heterocycles.